The molecule has 8 rings (SSSR count). The Kier molecular flexibility index (Phi) is 11.3. The Labute approximate surface area is 324 Å². The van der Waals surface area contributed by atoms with Crippen molar-refractivity contribution >= 4 is 5.91 Å². The molecule has 0 unspecified atom stereocenters. The van der Waals surface area contributed by atoms with Gasteiger partial charge in [-0.15, -0.1) is 0 Å². The molecule has 4 aliphatic heterocycles. The number of hydrogen-bond acceptors (Lipinski definition) is 13. The second kappa shape index (κ2) is 15.2. The summed E-state index contributed by atoms with van der Waals surface area (Å²) in [5, 5.41) is 65.4. The first-order valence-electron chi connectivity index (χ1n) is 21.3. The molecule has 4 heterocycles. The summed E-state index contributed by atoms with van der Waals surface area (Å²) in [6, 6.07) is -1.07. The molecule has 8 fully saturated rings. The van der Waals surface area contributed by atoms with Crippen LogP contribution in [0.3, 0.4) is 0 Å². The van der Waals surface area contributed by atoms with E-state index in [1.165, 1.54) is 32.6 Å². The molecule has 1 amide bonds. The fourth-order valence-corrected chi connectivity index (χ4v) is 13.6. The smallest absolute Gasteiger partial charge is 0.217 e. The number of carbonyl (C=O) groups excluding carboxylic acids is 1. The van der Waals surface area contributed by atoms with Gasteiger partial charge in [0.15, 0.2) is 18.4 Å². The molecule has 4 saturated carbocycles. The van der Waals surface area contributed by atoms with Crippen LogP contribution in [0.25, 0.3) is 0 Å². The van der Waals surface area contributed by atoms with E-state index in [1.807, 2.05) is 0 Å². The fourth-order valence-electron chi connectivity index (χ4n) is 13.6. The minimum absolute atomic E-state index is 0.168. The number of fused-ring (bicyclic) bond motifs is 7. The van der Waals surface area contributed by atoms with Crippen molar-refractivity contribution in [1.29, 1.82) is 0 Å². The third kappa shape index (κ3) is 6.74. The maximum Gasteiger partial charge on any atom is 0.217 e. The van der Waals surface area contributed by atoms with E-state index in [4.69, 9.17) is 28.4 Å². The summed E-state index contributed by atoms with van der Waals surface area (Å²) >= 11 is 0. The normalized spacial score (nSPS) is 56.3. The van der Waals surface area contributed by atoms with Crippen molar-refractivity contribution in [2.75, 3.05) is 19.8 Å². The number of amides is 1. The van der Waals surface area contributed by atoms with Gasteiger partial charge in [0, 0.05) is 19.3 Å². The lowest BCUT2D eigenvalue weighted by Gasteiger charge is -2.61. The topological polar surface area (TPSA) is 206 Å². The van der Waals surface area contributed by atoms with Crippen molar-refractivity contribution in [2.24, 2.45) is 52.3 Å². The third-order valence-electron chi connectivity index (χ3n) is 16.6. The number of aliphatic hydroxyl groups excluding tert-OH is 6. The standard InChI is InChI=1S/C41H67NO13/c1-19-8-13-41(50-18-19)20(2)30-27(55-41)15-26-24-7-6-22-14-23(9-11-39(22,4)25(24)10-12-40(26,30)5)51-37-31(42-21(3)45)36(33(47)29(17-44)52-37)54-38-35(49)34(48)32(46)28(16-43)53-38/h19-20,22-38,43-44,46-49H,6-18H2,1-5H3,(H,42,45)/t19-,20+,22+,23+,24-,25+,26+,27+,28-,29-,30+,31-,32+,33-,34+,35-,36-,37-,38+,39+,40+,41-/m1/s1. The Morgan fingerprint density at radius 3 is 2.18 bits per heavy atom. The summed E-state index contributed by atoms with van der Waals surface area (Å²) < 4.78 is 38.0. The van der Waals surface area contributed by atoms with E-state index >= 15 is 0 Å². The second-order valence-electron chi connectivity index (χ2n) is 19.4. The fraction of sp³-hybridized carbons (Fsp3) is 0.976. The van der Waals surface area contributed by atoms with E-state index in [2.05, 4.69) is 33.0 Å². The number of hydrogen-bond donors (Lipinski definition) is 7. The Morgan fingerprint density at radius 2 is 1.49 bits per heavy atom. The van der Waals surface area contributed by atoms with Gasteiger partial charge in [-0.1, -0.05) is 27.7 Å². The highest BCUT2D eigenvalue weighted by molar-refractivity contribution is 5.73. The highest BCUT2D eigenvalue weighted by Crippen LogP contribution is 2.71. The van der Waals surface area contributed by atoms with Crippen LogP contribution in [-0.2, 0) is 33.2 Å². The maximum absolute atomic E-state index is 12.5. The van der Waals surface area contributed by atoms with Gasteiger partial charge in [-0.2, -0.15) is 0 Å². The summed E-state index contributed by atoms with van der Waals surface area (Å²) in [4.78, 5) is 12.5. The average Bonchev–Trinajstić information content (AvgIpc) is 3.60. The van der Waals surface area contributed by atoms with E-state index in [0.717, 1.165) is 45.1 Å². The molecule has 1 spiro atoms. The predicted molar refractivity (Wildman–Crippen MR) is 195 cm³/mol. The van der Waals surface area contributed by atoms with Gasteiger partial charge in [0.2, 0.25) is 5.91 Å². The molecule has 8 aliphatic rings. The van der Waals surface area contributed by atoms with Gasteiger partial charge < -0.3 is 64.4 Å². The van der Waals surface area contributed by atoms with E-state index in [1.54, 1.807) is 0 Å². The SMILES string of the molecule is CC(=O)N[C@H]1[C@H](O[C@H]2CC[C@@]3(C)[C@@H](CC[C@@H]4[C@@H]3CC[C@]3(C)[C@@H]5[C@H](C[C@@H]43)O[C@]3(CC[C@@H](C)CO3)[C@H]5C)C2)O[C@H](CO)[C@@H](O)[C@@H]1O[C@@H]1O[C@H](CO)[C@H](O)[C@H](O)[C@H]1O. The summed E-state index contributed by atoms with van der Waals surface area (Å²) in [5.74, 6) is 3.05. The lowest BCUT2D eigenvalue weighted by molar-refractivity contribution is -0.348. The number of ether oxygens (including phenoxy) is 6. The Bertz CT molecular complexity index is 1380. The summed E-state index contributed by atoms with van der Waals surface area (Å²) in [6.45, 7) is 10.6. The number of nitrogens with one attached hydrogen (secondary N) is 1. The minimum Gasteiger partial charge on any atom is -0.394 e. The molecule has 0 aromatic heterocycles. The van der Waals surface area contributed by atoms with Crippen LogP contribution >= 0.6 is 0 Å². The summed E-state index contributed by atoms with van der Waals surface area (Å²) in [5.41, 5.74) is 0.422. The van der Waals surface area contributed by atoms with Crippen molar-refractivity contribution in [3.8, 4) is 0 Å². The van der Waals surface area contributed by atoms with Crippen LogP contribution in [-0.4, -0.2) is 136 Å². The molecule has 0 bridgehead atoms. The zero-order chi connectivity index (χ0) is 39.2. The number of rotatable bonds is 7. The lowest BCUT2D eigenvalue weighted by atomic mass is 9.44. The highest BCUT2D eigenvalue weighted by Gasteiger charge is 2.69. The maximum atomic E-state index is 12.5. The molecule has 22 atom stereocenters. The van der Waals surface area contributed by atoms with Crippen LogP contribution in [0, 0.1) is 52.3 Å². The van der Waals surface area contributed by atoms with E-state index in [-0.39, 0.29) is 23.0 Å². The summed E-state index contributed by atoms with van der Waals surface area (Å²) in [7, 11) is 0. The van der Waals surface area contributed by atoms with Gasteiger partial charge in [0.05, 0.1) is 32.0 Å². The predicted octanol–water partition coefficient (Wildman–Crippen LogP) is 1.59. The first-order valence-corrected chi connectivity index (χ1v) is 21.3. The average molecular weight is 782 g/mol. The molecule has 4 saturated heterocycles. The molecule has 14 nitrogen and oxygen atoms in total. The quantitative estimate of drug-likeness (QED) is 0.184. The number of carbonyl (C=O) groups is 1. The van der Waals surface area contributed by atoms with Gasteiger partial charge in [0.25, 0.3) is 0 Å². The van der Waals surface area contributed by atoms with Crippen LogP contribution in [0.4, 0.5) is 0 Å². The zero-order valence-corrected chi connectivity index (χ0v) is 33.2. The van der Waals surface area contributed by atoms with Gasteiger partial charge in [-0.05, 0) is 104 Å². The molecule has 7 N–H and O–H groups in total. The monoisotopic (exact) mass is 781 g/mol. The van der Waals surface area contributed by atoms with Crippen molar-refractivity contribution in [2.45, 2.75) is 178 Å². The van der Waals surface area contributed by atoms with Crippen molar-refractivity contribution < 1.29 is 63.9 Å². The zero-order valence-electron chi connectivity index (χ0n) is 33.2. The summed E-state index contributed by atoms with van der Waals surface area (Å²) in [6.07, 6.45) is -2.16. The Morgan fingerprint density at radius 1 is 0.782 bits per heavy atom. The Hall–Kier alpha value is -1.01. The van der Waals surface area contributed by atoms with Gasteiger partial charge in [-0.3, -0.25) is 4.79 Å². The number of aliphatic hydroxyl groups is 6. The van der Waals surface area contributed by atoms with Crippen molar-refractivity contribution in [1.82, 2.24) is 5.32 Å². The Balaban J connectivity index is 0.950. The largest absolute Gasteiger partial charge is 0.394 e. The highest BCUT2D eigenvalue weighted by atomic mass is 16.7. The van der Waals surface area contributed by atoms with Gasteiger partial charge in [-0.25, -0.2) is 0 Å². The van der Waals surface area contributed by atoms with E-state index < -0.39 is 86.3 Å². The molecular weight excluding hydrogens is 714 g/mol. The van der Waals surface area contributed by atoms with Crippen LogP contribution in [0.1, 0.15) is 98.8 Å². The molecule has 314 valence electrons. The van der Waals surface area contributed by atoms with Crippen molar-refractivity contribution in [3.05, 3.63) is 0 Å². The van der Waals surface area contributed by atoms with Crippen LogP contribution in [0.5, 0.6) is 0 Å². The molecule has 0 aromatic rings. The van der Waals surface area contributed by atoms with Gasteiger partial charge >= 0.3 is 0 Å². The first kappa shape index (κ1) is 40.8. The first-order chi connectivity index (χ1) is 26.1. The second-order valence-corrected chi connectivity index (χ2v) is 19.4. The third-order valence-corrected chi connectivity index (χ3v) is 16.6. The van der Waals surface area contributed by atoms with Crippen LogP contribution in [0.15, 0.2) is 0 Å². The van der Waals surface area contributed by atoms with E-state index in [9.17, 15) is 35.4 Å². The molecule has 0 radical (unpaired) electrons. The molecule has 0 aromatic carbocycles. The minimum atomic E-state index is -1.73. The molecule has 4 aliphatic carbocycles. The molecular formula is C41H67NO13. The lowest BCUT2D eigenvalue weighted by Crippen LogP contribution is -2.68. The van der Waals surface area contributed by atoms with Crippen LogP contribution in [0.2, 0.25) is 0 Å². The van der Waals surface area contributed by atoms with Crippen LogP contribution < -0.4 is 5.32 Å². The van der Waals surface area contributed by atoms with E-state index in [0.29, 0.717) is 41.4 Å². The molecule has 55 heavy (non-hydrogen) atoms. The molecule has 14 heteroatoms. The van der Waals surface area contributed by atoms with Gasteiger partial charge in [0.1, 0.15) is 48.8 Å². The van der Waals surface area contributed by atoms with Crippen molar-refractivity contribution in [3.63, 3.8) is 0 Å².